The van der Waals surface area contributed by atoms with Gasteiger partial charge in [-0.05, 0) is 55.5 Å². The maximum absolute atomic E-state index is 14.8. The Kier molecular flexibility index (Phi) is 6.96. The maximum atomic E-state index is 14.8. The molecule has 3 aromatic carbocycles. The van der Waals surface area contributed by atoms with Gasteiger partial charge < -0.3 is 15.3 Å². The Hall–Kier alpha value is -3.21. The molecule has 1 atom stereocenters. The third kappa shape index (κ3) is 4.88. The first kappa shape index (κ1) is 26.8. The molecule has 4 rings (SSSR count). The van der Waals surface area contributed by atoms with Gasteiger partial charge in [-0.3, -0.25) is 9.59 Å². The highest BCUT2D eigenvalue weighted by Gasteiger charge is 2.53. The van der Waals surface area contributed by atoms with E-state index in [9.17, 15) is 36.6 Å². The zero-order valence-corrected chi connectivity index (χ0v) is 20.4. The molecule has 0 fully saturated rings. The summed E-state index contributed by atoms with van der Waals surface area (Å²) in [4.78, 5) is 26.7. The van der Waals surface area contributed by atoms with Crippen LogP contribution in [0.4, 0.5) is 33.3 Å². The molecule has 37 heavy (non-hydrogen) atoms. The molecule has 0 spiro atoms. The Labute approximate surface area is 217 Å². The van der Waals surface area contributed by atoms with Crippen molar-refractivity contribution in [2.75, 3.05) is 16.8 Å². The molecular formula is C25H17Cl2F5N2O3. The summed E-state index contributed by atoms with van der Waals surface area (Å²) in [7, 11) is 0. The molecule has 2 amide bonds. The summed E-state index contributed by atoms with van der Waals surface area (Å²) in [6.45, 7) is 0.428. The van der Waals surface area contributed by atoms with Crippen LogP contribution in [-0.2, 0) is 5.60 Å². The molecule has 1 heterocycles. The zero-order chi connectivity index (χ0) is 27.3. The lowest BCUT2D eigenvalue weighted by molar-refractivity contribution is -0.177. The van der Waals surface area contributed by atoms with Crippen LogP contribution in [-0.4, -0.2) is 29.4 Å². The van der Waals surface area contributed by atoms with E-state index in [2.05, 4.69) is 5.32 Å². The Morgan fingerprint density at radius 2 is 1.65 bits per heavy atom. The average Bonchev–Trinajstić information content (AvgIpc) is 2.89. The van der Waals surface area contributed by atoms with Crippen molar-refractivity contribution >= 4 is 46.4 Å². The first-order chi connectivity index (χ1) is 17.2. The SMILES string of the molecule is C[C@@]1(O)c2cc(Cl)ccc2N(C(=O)c2ccc(NC(=O)c3cc(F)c(F)cc3Cl)c(F)c2)CCC1(F)F. The van der Waals surface area contributed by atoms with Crippen molar-refractivity contribution in [2.24, 2.45) is 0 Å². The van der Waals surface area contributed by atoms with Crippen LogP contribution >= 0.6 is 23.2 Å². The second-order valence-electron chi connectivity index (χ2n) is 8.54. The molecule has 12 heteroatoms. The van der Waals surface area contributed by atoms with E-state index in [0.717, 1.165) is 36.1 Å². The van der Waals surface area contributed by atoms with E-state index >= 15 is 0 Å². The molecule has 2 N–H and O–H groups in total. The lowest BCUT2D eigenvalue weighted by atomic mass is 9.87. The van der Waals surface area contributed by atoms with E-state index in [0.29, 0.717) is 12.1 Å². The number of nitrogens with one attached hydrogen (secondary N) is 1. The summed E-state index contributed by atoms with van der Waals surface area (Å²) in [6.07, 6.45) is -0.885. The number of alkyl halides is 2. The molecule has 0 saturated carbocycles. The minimum Gasteiger partial charge on any atom is -0.379 e. The maximum Gasteiger partial charge on any atom is 0.281 e. The Bertz CT molecular complexity index is 1430. The van der Waals surface area contributed by atoms with Gasteiger partial charge in [0.25, 0.3) is 17.7 Å². The number of halogens is 7. The summed E-state index contributed by atoms with van der Waals surface area (Å²) in [5, 5.41) is 12.5. The Balaban J connectivity index is 1.64. The highest BCUT2D eigenvalue weighted by atomic mass is 35.5. The smallest absolute Gasteiger partial charge is 0.281 e. The molecular weight excluding hydrogens is 542 g/mol. The van der Waals surface area contributed by atoms with Gasteiger partial charge in [-0.25, -0.2) is 22.0 Å². The third-order valence-corrected chi connectivity index (χ3v) is 6.65. The number of nitrogens with zero attached hydrogens (tertiary/aromatic N) is 1. The van der Waals surface area contributed by atoms with E-state index in [1.807, 2.05) is 0 Å². The van der Waals surface area contributed by atoms with Crippen molar-refractivity contribution in [2.45, 2.75) is 24.9 Å². The van der Waals surface area contributed by atoms with Crippen LogP contribution in [0.15, 0.2) is 48.5 Å². The van der Waals surface area contributed by atoms with Gasteiger partial charge in [-0.1, -0.05) is 23.2 Å². The molecule has 0 aliphatic carbocycles. The van der Waals surface area contributed by atoms with Crippen LogP contribution in [0.3, 0.4) is 0 Å². The van der Waals surface area contributed by atoms with Crippen molar-refractivity contribution in [1.82, 2.24) is 0 Å². The highest BCUT2D eigenvalue weighted by molar-refractivity contribution is 6.34. The molecule has 0 unspecified atom stereocenters. The van der Waals surface area contributed by atoms with Gasteiger partial charge in [0.15, 0.2) is 17.2 Å². The fourth-order valence-corrected chi connectivity index (χ4v) is 4.36. The van der Waals surface area contributed by atoms with Gasteiger partial charge in [0.2, 0.25) is 0 Å². The average molecular weight is 559 g/mol. The summed E-state index contributed by atoms with van der Waals surface area (Å²) >= 11 is 11.7. The quantitative estimate of drug-likeness (QED) is 0.282. The van der Waals surface area contributed by atoms with E-state index < -0.39 is 70.0 Å². The molecule has 0 bridgehead atoms. The highest BCUT2D eigenvalue weighted by Crippen LogP contribution is 2.47. The number of aliphatic hydroxyl groups is 1. The van der Waals surface area contributed by atoms with Crippen molar-refractivity contribution in [3.63, 3.8) is 0 Å². The van der Waals surface area contributed by atoms with Gasteiger partial charge in [0, 0.05) is 29.1 Å². The van der Waals surface area contributed by atoms with Crippen molar-refractivity contribution < 1.29 is 36.6 Å². The number of anilines is 2. The summed E-state index contributed by atoms with van der Waals surface area (Å²) in [6, 6.07) is 7.92. The van der Waals surface area contributed by atoms with Crippen molar-refractivity contribution in [3.05, 3.63) is 92.7 Å². The van der Waals surface area contributed by atoms with E-state index in [1.54, 1.807) is 0 Å². The summed E-state index contributed by atoms with van der Waals surface area (Å²) in [5.41, 5.74) is -4.03. The zero-order valence-electron chi connectivity index (χ0n) is 18.9. The Morgan fingerprint density at radius 1 is 0.973 bits per heavy atom. The van der Waals surface area contributed by atoms with Crippen LogP contribution in [0.5, 0.6) is 0 Å². The number of rotatable bonds is 3. The lowest BCUT2D eigenvalue weighted by Crippen LogP contribution is -2.42. The summed E-state index contributed by atoms with van der Waals surface area (Å²) in [5.74, 6) is -9.17. The van der Waals surface area contributed by atoms with Gasteiger partial charge in [0.05, 0.1) is 22.0 Å². The predicted molar refractivity (Wildman–Crippen MR) is 128 cm³/mol. The standard InChI is InChI=1S/C25H17Cl2F5N2O3/c1-24(37)15-9-13(26)3-5-21(15)34(7-6-25(24,31)32)23(36)12-2-4-20(19(30)8-12)33-22(35)14-10-17(28)18(29)11-16(14)27/h2-5,8-11,37H,6-7H2,1H3,(H,33,35)/t24-/m1/s1. The number of hydrogen-bond acceptors (Lipinski definition) is 3. The number of amides is 2. The number of carbonyl (C=O) groups excluding carboxylic acids is 2. The van der Waals surface area contributed by atoms with Crippen molar-refractivity contribution in [1.29, 1.82) is 0 Å². The van der Waals surface area contributed by atoms with Crippen LogP contribution in [0.1, 0.15) is 39.6 Å². The van der Waals surface area contributed by atoms with Crippen LogP contribution in [0, 0.1) is 17.5 Å². The van der Waals surface area contributed by atoms with Crippen LogP contribution in [0.2, 0.25) is 10.0 Å². The van der Waals surface area contributed by atoms with Crippen LogP contribution < -0.4 is 10.2 Å². The van der Waals surface area contributed by atoms with Crippen molar-refractivity contribution in [3.8, 4) is 0 Å². The first-order valence-electron chi connectivity index (χ1n) is 10.7. The van der Waals surface area contributed by atoms with Gasteiger partial charge in [0.1, 0.15) is 5.82 Å². The number of fused-ring (bicyclic) bond motifs is 1. The minimum absolute atomic E-state index is 0.0256. The molecule has 0 radical (unpaired) electrons. The second kappa shape index (κ2) is 9.59. The molecule has 1 aliphatic heterocycles. The molecule has 194 valence electrons. The normalized spacial score (nSPS) is 18.7. The third-order valence-electron chi connectivity index (χ3n) is 6.10. The Morgan fingerprint density at radius 3 is 2.32 bits per heavy atom. The van der Waals surface area contributed by atoms with E-state index in [4.69, 9.17) is 23.2 Å². The van der Waals surface area contributed by atoms with Crippen LogP contribution in [0.25, 0.3) is 0 Å². The number of benzene rings is 3. The second-order valence-corrected chi connectivity index (χ2v) is 9.38. The first-order valence-corrected chi connectivity index (χ1v) is 11.5. The van der Waals surface area contributed by atoms with Gasteiger partial charge in [-0.15, -0.1) is 0 Å². The van der Waals surface area contributed by atoms with Gasteiger partial charge in [-0.2, -0.15) is 0 Å². The number of hydrogen-bond donors (Lipinski definition) is 2. The van der Waals surface area contributed by atoms with E-state index in [1.165, 1.54) is 12.1 Å². The minimum atomic E-state index is -3.61. The predicted octanol–water partition coefficient (Wildman–Crippen LogP) is 6.56. The molecule has 0 saturated heterocycles. The molecule has 0 aromatic heterocycles. The van der Waals surface area contributed by atoms with Gasteiger partial charge >= 0.3 is 0 Å². The summed E-state index contributed by atoms with van der Waals surface area (Å²) < 4.78 is 71.1. The molecule has 1 aliphatic rings. The lowest BCUT2D eigenvalue weighted by Gasteiger charge is -2.32. The molecule has 5 nitrogen and oxygen atoms in total. The topological polar surface area (TPSA) is 69.6 Å². The number of carbonyl (C=O) groups is 2. The monoisotopic (exact) mass is 558 g/mol. The largest absolute Gasteiger partial charge is 0.379 e. The fourth-order valence-electron chi connectivity index (χ4n) is 3.95. The fraction of sp³-hybridized carbons (Fsp3) is 0.200. The molecule has 3 aromatic rings. The van der Waals surface area contributed by atoms with E-state index in [-0.39, 0.29) is 21.8 Å².